The molecule has 0 spiro atoms. The number of pyridine rings is 1. The molecular formula is C13H17BrN6. The predicted molar refractivity (Wildman–Crippen MR) is 81.3 cm³/mol. The summed E-state index contributed by atoms with van der Waals surface area (Å²) in [5.41, 5.74) is 6.89. The lowest BCUT2D eigenvalue weighted by atomic mass is 9.95. The zero-order valence-corrected chi connectivity index (χ0v) is 12.8. The molecule has 0 aromatic carbocycles. The van der Waals surface area contributed by atoms with E-state index in [1.807, 2.05) is 12.1 Å². The van der Waals surface area contributed by atoms with E-state index < -0.39 is 0 Å². The van der Waals surface area contributed by atoms with Crippen LogP contribution in [0.3, 0.4) is 0 Å². The second-order valence-electron chi connectivity index (χ2n) is 5.22. The summed E-state index contributed by atoms with van der Waals surface area (Å²) >= 11 is 3.37. The second kappa shape index (κ2) is 5.49. The first-order valence-corrected chi connectivity index (χ1v) is 7.47. The largest absolute Gasteiger partial charge is 0.338 e. The monoisotopic (exact) mass is 336 g/mol. The molecule has 0 bridgehead atoms. The summed E-state index contributed by atoms with van der Waals surface area (Å²) in [5.74, 6) is 1.93. The van der Waals surface area contributed by atoms with Gasteiger partial charge in [-0.25, -0.2) is 0 Å². The molecule has 0 aliphatic carbocycles. The topological polar surface area (TPSA) is 83.7 Å². The van der Waals surface area contributed by atoms with Crippen LogP contribution in [-0.2, 0) is 0 Å². The van der Waals surface area contributed by atoms with Gasteiger partial charge in [-0.15, -0.1) is 5.10 Å². The molecule has 0 saturated carbocycles. The van der Waals surface area contributed by atoms with E-state index in [4.69, 9.17) is 5.73 Å². The molecule has 1 fully saturated rings. The Kier molecular flexibility index (Phi) is 3.71. The van der Waals surface area contributed by atoms with E-state index in [0.29, 0.717) is 17.7 Å². The van der Waals surface area contributed by atoms with Gasteiger partial charge < -0.3 is 10.6 Å². The number of anilines is 1. The second-order valence-corrected chi connectivity index (χ2v) is 6.14. The van der Waals surface area contributed by atoms with Gasteiger partial charge in [-0.3, -0.25) is 10.1 Å². The van der Waals surface area contributed by atoms with Crippen molar-refractivity contribution in [2.45, 2.75) is 19.4 Å². The molecule has 20 heavy (non-hydrogen) atoms. The van der Waals surface area contributed by atoms with Gasteiger partial charge in [0.15, 0.2) is 5.82 Å². The van der Waals surface area contributed by atoms with Crippen LogP contribution in [0.5, 0.6) is 0 Å². The molecule has 7 heteroatoms. The molecule has 1 aliphatic rings. The van der Waals surface area contributed by atoms with Crippen LogP contribution in [0.1, 0.15) is 13.3 Å². The van der Waals surface area contributed by atoms with Crippen molar-refractivity contribution in [3.05, 3.63) is 22.8 Å². The number of nitrogens with zero attached hydrogens (tertiary/aromatic N) is 4. The summed E-state index contributed by atoms with van der Waals surface area (Å²) in [5, 5.41) is 7.22. The number of nitrogens with one attached hydrogen (secondary N) is 1. The van der Waals surface area contributed by atoms with Crippen molar-refractivity contribution in [2.75, 3.05) is 18.0 Å². The minimum atomic E-state index is 0.177. The minimum absolute atomic E-state index is 0.177. The molecule has 1 aliphatic heterocycles. The number of nitrogens with two attached hydrogens (primary N) is 1. The molecule has 0 radical (unpaired) electrons. The summed E-state index contributed by atoms with van der Waals surface area (Å²) < 4.78 is 0.942. The first kappa shape index (κ1) is 13.5. The number of piperidine rings is 1. The molecule has 2 atom stereocenters. The Bertz CT molecular complexity index is 581. The smallest absolute Gasteiger partial charge is 0.245 e. The fourth-order valence-electron chi connectivity index (χ4n) is 2.31. The molecule has 2 aromatic rings. The Morgan fingerprint density at radius 2 is 2.30 bits per heavy atom. The van der Waals surface area contributed by atoms with E-state index in [2.05, 4.69) is 47.9 Å². The highest BCUT2D eigenvalue weighted by Crippen LogP contribution is 2.22. The molecule has 2 aromatic heterocycles. The Hall–Kier alpha value is -1.47. The van der Waals surface area contributed by atoms with Crippen LogP contribution in [-0.4, -0.2) is 39.3 Å². The lowest BCUT2D eigenvalue weighted by Crippen LogP contribution is -2.48. The van der Waals surface area contributed by atoms with Gasteiger partial charge in [0.05, 0.1) is 0 Å². The van der Waals surface area contributed by atoms with Crippen LogP contribution in [0.4, 0.5) is 5.95 Å². The highest BCUT2D eigenvalue weighted by atomic mass is 79.9. The normalized spacial score (nSPS) is 23.1. The SMILES string of the molecule is CC1CCN(c2n[nH]c(-c3ccc(Br)cn3)n2)CC1N. The van der Waals surface area contributed by atoms with Gasteiger partial charge >= 0.3 is 0 Å². The third kappa shape index (κ3) is 2.69. The van der Waals surface area contributed by atoms with E-state index in [1.54, 1.807) is 6.20 Å². The van der Waals surface area contributed by atoms with Crippen molar-refractivity contribution in [2.24, 2.45) is 11.7 Å². The summed E-state index contributed by atoms with van der Waals surface area (Å²) in [4.78, 5) is 11.0. The van der Waals surface area contributed by atoms with E-state index in [0.717, 1.165) is 29.7 Å². The number of rotatable bonds is 2. The molecule has 6 nitrogen and oxygen atoms in total. The predicted octanol–water partition coefficient (Wildman–Crippen LogP) is 1.80. The van der Waals surface area contributed by atoms with Crippen molar-refractivity contribution in [3.63, 3.8) is 0 Å². The Morgan fingerprint density at radius 3 is 3.00 bits per heavy atom. The fourth-order valence-corrected chi connectivity index (χ4v) is 2.54. The van der Waals surface area contributed by atoms with Gasteiger partial charge in [-0.05, 0) is 40.4 Å². The lowest BCUT2D eigenvalue weighted by Gasteiger charge is -2.34. The fraction of sp³-hybridized carbons (Fsp3) is 0.462. The third-order valence-electron chi connectivity index (χ3n) is 3.74. The van der Waals surface area contributed by atoms with Crippen molar-refractivity contribution >= 4 is 21.9 Å². The first-order valence-electron chi connectivity index (χ1n) is 6.68. The highest BCUT2D eigenvalue weighted by molar-refractivity contribution is 9.10. The van der Waals surface area contributed by atoms with Crippen LogP contribution in [0.15, 0.2) is 22.8 Å². The van der Waals surface area contributed by atoms with Crippen LogP contribution in [0, 0.1) is 5.92 Å². The van der Waals surface area contributed by atoms with Gasteiger partial charge in [-0.2, -0.15) is 4.98 Å². The Balaban J connectivity index is 1.78. The van der Waals surface area contributed by atoms with Crippen molar-refractivity contribution in [1.29, 1.82) is 0 Å². The van der Waals surface area contributed by atoms with Gasteiger partial charge in [0.2, 0.25) is 5.95 Å². The van der Waals surface area contributed by atoms with Crippen LogP contribution < -0.4 is 10.6 Å². The maximum atomic E-state index is 6.12. The standard InChI is InChI=1S/C13H17BrN6/c1-8-4-5-20(7-10(8)15)13-17-12(18-19-13)11-3-2-9(14)6-16-11/h2-3,6,8,10H,4-5,7,15H2,1H3,(H,17,18,19). The van der Waals surface area contributed by atoms with Crippen LogP contribution in [0.25, 0.3) is 11.5 Å². The van der Waals surface area contributed by atoms with Crippen LogP contribution in [0.2, 0.25) is 0 Å². The number of aromatic amines is 1. The molecule has 0 amide bonds. The van der Waals surface area contributed by atoms with Crippen molar-refractivity contribution < 1.29 is 0 Å². The van der Waals surface area contributed by atoms with Crippen molar-refractivity contribution in [1.82, 2.24) is 20.2 Å². The average Bonchev–Trinajstić information content (AvgIpc) is 2.92. The minimum Gasteiger partial charge on any atom is -0.338 e. The first-order chi connectivity index (χ1) is 9.63. The maximum Gasteiger partial charge on any atom is 0.245 e. The molecule has 2 unspecified atom stereocenters. The average molecular weight is 337 g/mol. The highest BCUT2D eigenvalue weighted by Gasteiger charge is 2.25. The maximum absolute atomic E-state index is 6.12. The van der Waals surface area contributed by atoms with Crippen LogP contribution >= 0.6 is 15.9 Å². The zero-order valence-electron chi connectivity index (χ0n) is 11.3. The summed E-state index contributed by atoms with van der Waals surface area (Å²) in [7, 11) is 0. The summed E-state index contributed by atoms with van der Waals surface area (Å²) in [6.45, 7) is 3.93. The number of hydrogen-bond donors (Lipinski definition) is 2. The summed E-state index contributed by atoms with van der Waals surface area (Å²) in [6.07, 6.45) is 2.82. The molecule has 3 rings (SSSR count). The lowest BCUT2D eigenvalue weighted by molar-refractivity contribution is 0.376. The van der Waals surface area contributed by atoms with E-state index >= 15 is 0 Å². The molecule has 3 heterocycles. The number of aromatic nitrogens is 4. The number of H-pyrrole nitrogens is 1. The molecular weight excluding hydrogens is 320 g/mol. The van der Waals surface area contributed by atoms with Gasteiger partial charge in [0.25, 0.3) is 0 Å². The molecule has 3 N–H and O–H groups in total. The number of hydrogen-bond acceptors (Lipinski definition) is 5. The van der Waals surface area contributed by atoms with Gasteiger partial charge in [0.1, 0.15) is 5.69 Å². The Morgan fingerprint density at radius 1 is 1.45 bits per heavy atom. The zero-order chi connectivity index (χ0) is 14.1. The third-order valence-corrected chi connectivity index (χ3v) is 4.21. The molecule has 106 valence electrons. The molecule has 1 saturated heterocycles. The summed E-state index contributed by atoms with van der Waals surface area (Å²) in [6, 6.07) is 4.01. The quantitative estimate of drug-likeness (QED) is 0.873. The van der Waals surface area contributed by atoms with E-state index in [-0.39, 0.29) is 6.04 Å². The van der Waals surface area contributed by atoms with Gasteiger partial charge in [0, 0.05) is 29.8 Å². The number of halogens is 1. The Labute approximate surface area is 125 Å². The van der Waals surface area contributed by atoms with Crippen molar-refractivity contribution in [3.8, 4) is 11.5 Å². The van der Waals surface area contributed by atoms with E-state index in [9.17, 15) is 0 Å². The van der Waals surface area contributed by atoms with Gasteiger partial charge in [-0.1, -0.05) is 6.92 Å². The van der Waals surface area contributed by atoms with E-state index in [1.165, 1.54) is 0 Å².